The molecule has 202 valence electrons. The number of nitrogens with zero attached hydrogens (tertiary/aromatic N) is 5. The van der Waals surface area contributed by atoms with Crippen molar-refractivity contribution in [2.75, 3.05) is 29.6 Å². The van der Waals surface area contributed by atoms with Crippen molar-refractivity contribution in [1.82, 2.24) is 20.1 Å². The number of hydrogen-bond acceptors (Lipinski definition) is 8. The van der Waals surface area contributed by atoms with Crippen LogP contribution in [0.2, 0.25) is 0 Å². The minimum Gasteiger partial charge on any atom is -0.444 e. The topological polar surface area (TPSA) is 120 Å². The van der Waals surface area contributed by atoms with Crippen LogP contribution in [0.25, 0.3) is 10.9 Å². The number of aryl methyl sites for hydroxylation is 1. The molecule has 38 heavy (non-hydrogen) atoms. The van der Waals surface area contributed by atoms with Gasteiger partial charge in [0.2, 0.25) is 0 Å². The number of benzene rings is 1. The number of pyridine rings is 1. The second-order valence-corrected chi connectivity index (χ2v) is 11.0. The molecule has 0 aliphatic heterocycles. The Labute approximate surface area is 222 Å². The summed E-state index contributed by atoms with van der Waals surface area (Å²) in [4.78, 5) is 18.8. The smallest absolute Gasteiger partial charge is 0.407 e. The predicted octanol–water partition coefficient (Wildman–Crippen LogP) is 4.89. The third-order valence-corrected chi connectivity index (χ3v) is 6.33. The summed E-state index contributed by atoms with van der Waals surface area (Å²) in [6, 6.07) is 8.28. The van der Waals surface area contributed by atoms with Gasteiger partial charge in [0.05, 0.1) is 17.1 Å². The summed E-state index contributed by atoms with van der Waals surface area (Å²) in [6.45, 7) is 7.28. The molecule has 1 aromatic carbocycles. The highest BCUT2D eigenvalue weighted by Gasteiger charge is 2.37. The number of rotatable bonds is 8. The van der Waals surface area contributed by atoms with Crippen molar-refractivity contribution in [2.24, 2.45) is 13.0 Å². The van der Waals surface area contributed by atoms with Crippen LogP contribution in [0, 0.1) is 23.1 Å². The van der Waals surface area contributed by atoms with Crippen LogP contribution in [-0.4, -0.2) is 52.6 Å². The van der Waals surface area contributed by atoms with E-state index in [1.807, 2.05) is 57.2 Å². The molecule has 1 aliphatic rings. The van der Waals surface area contributed by atoms with Gasteiger partial charge in [0.25, 0.3) is 0 Å². The molecule has 4 rings (SSSR count). The SMILES string of the molecule is C[C@@H](Nc1nc(Nc2ccc3c(c2)c(N(C)C)nn3C)c(C#N)cc1F)[C@@H](NC(=O)OC(C)(C)C)C1CC1. The fourth-order valence-electron chi connectivity index (χ4n) is 4.42. The molecule has 1 fully saturated rings. The number of alkyl carbamates (subject to hydrolysis) is 1. The van der Waals surface area contributed by atoms with Gasteiger partial charge < -0.3 is 25.6 Å². The second-order valence-electron chi connectivity index (χ2n) is 11.0. The number of ether oxygens (including phenoxy) is 1. The molecular formula is C27H35FN8O2. The number of carbonyl (C=O) groups is 1. The van der Waals surface area contributed by atoms with Crippen molar-refractivity contribution >= 4 is 40.1 Å². The number of hydrogen-bond donors (Lipinski definition) is 3. The number of fused-ring (bicyclic) bond motifs is 1. The Morgan fingerprint density at radius 1 is 1.26 bits per heavy atom. The quantitative estimate of drug-likeness (QED) is 0.382. The lowest BCUT2D eigenvalue weighted by Crippen LogP contribution is -2.48. The van der Waals surface area contributed by atoms with Gasteiger partial charge in [-0.1, -0.05) is 0 Å². The highest BCUT2D eigenvalue weighted by molar-refractivity contribution is 5.93. The molecule has 1 saturated carbocycles. The van der Waals surface area contributed by atoms with E-state index in [-0.39, 0.29) is 35.2 Å². The van der Waals surface area contributed by atoms with E-state index < -0.39 is 17.5 Å². The van der Waals surface area contributed by atoms with Crippen molar-refractivity contribution in [2.45, 2.75) is 58.2 Å². The molecule has 1 amide bonds. The Hall–Kier alpha value is -4.07. The number of nitrogens with one attached hydrogen (secondary N) is 3. The van der Waals surface area contributed by atoms with E-state index in [9.17, 15) is 10.1 Å². The van der Waals surface area contributed by atoms with Crippen LogP contribution in [0.4, 0.5) is 32.3 Å². The van der Waals surface area contributed by atoms with Gasteiger partial charge in [0, 0.05) is 38.3 Å². The van der Waals surface area contributed by atoms with Crippen LogP contribution in [-0.2, 0) is 11.8 Å². The van der Waals surface area contributed by atoms with Crippen molar-refractivity contribution in [3.05, 3.63) is 35.6 Å². The van der Waals surface area contributed by atoms with Gasteiger partial charge in [-0.15, -0.1) is 0 Å². The van der Waals surface area contributed by atoms with Crippen LogP contribution in [0.3, 0.4) is 0 Å². The lowest BCUT2D eigenvalue weighted by Gasteiger charge is -2.28. The van der Waals surface area contributed by atoms with Crippen LogP contribution in [0.15, 0.2) is 24.3 Å². The summed E-state index contributed by atoms with van der Waals surface area (Å²) in [5.41, 5.74) is 1.09. The molecule has 0 saturated heterocycles. The van der Waals surface area contributed by atoms with Gasteiger partial charge in [0.15, 0.2) is 23.3 Å². The zero-order valence-electron chi connectivity index (χ0n) is 22.9. The van der Waals surface area contributed by atoms with Crippen LogP contribution < -0.4 is 20.9 Å². The number of amides is 1. The van der Waals surface area contributed by atoms with E-state index in [0.717, 1.165) is 35.6 Å². The Balaban J connectivity index is 1.58. The molecule has 2 heterocycles. The summed E-state index contributed by atoms with van der Waals surface area (Å²) in [7, 11) is 5.72. The molecule has 2 atom stereocenters. The van der Waals surface area contributed by atoms with Crippen molar-refractivity contribution in [3.63, 3.8) is 0 Å². The minimum absolute atomic E-state index is 0.00734. The summed E-state index contributed by atoms with van der Waals surface area (Å²) in [6.07, 6.45) is 1.42. The first kappa shape index (κ1) is 27.0. The Kier molecular flexibility index (Phi) is 7.35. The molecule has 0 radical (unpaired) electrons. The molecule has 3 N–H and O–H groups in total. The maximum atomic E-state index is 15.0. The fourth-order valence-corrected chi connectivity index (χ4v) is 4.42. The molecule has 2 aromatic heterocycles. The van der Waals surface area contributed by atoms with Gasteiger partial charge >= 0.3 is 6.09 Å². The predicted molar refractivity (Wildman–Crippen MR) is 146 cm³/mol. The number of aromatic nitrogens is 3. The molecule has 11 heteroatoms. The first-order chi connectivity index (χ1) is 17.9. The second kappa shape index (κ2) is 10.4. The highest BCUT2D eigenvalue weighted by Crippen LogP contribution is 2.35. The molecule has 0 spiro atoms. The largest absolute Gasteiger partial charge is 0.444 e. The van der Waals surface area contributed by atoms with E-state index in [0.29, 0.717) is 5.69 Å². The summed E-state index contributed by atoms with van der Waals surface area (Å²) < 4.78 is 22.2. The average molecular weight is 523 g/mol. The number of halogens is 1. The number of carbonyl (C=O) groups excluding carboxylic acids is 1. The zero-order valence-corrected chi connectivity index (χ0v) is 22.9. The normalized spacial score (nSPS) is 14.9. The lowest BCUT2D eigenvalue weighted by molar-refractivity contribution is 0.0493. The van der Waals surface area contributed by atoms with E-state index in [4.69, 9.17) is 4.74 Å². The Morgan fingerprint density at radius 2 is 1.97 bits per heavy atom. The maximum absolute atomic E-state index is 15.0. The maximum Gasteiger partial charge on any atom is 0.407 e. The van der Waals surface area contributed by atoms with Gasteiger partial charge in [0.1, 0.15) is 11.7 Å². The molecule has 1 aliphatic carbocycles. The summed E-state index contributed by atoms with van der Waals surface area (Å²) in [5.74, 6) is 0.636. The molecule has 3 aromatic rings. The van der Waals surface area contributed by atoms with Crippen LogP contribution >= 0.6 is 0 Å². The first-order valence-electron chi connectivity index (χ1n) is 12.6. The zero-order chi connectivity index (χ0) is 27.8. The van der Waals surface area contributed by atoms with Crippen LogP contribution in [0.5, 0.6) is 0 Å². The van der Waals surface area contributed by atoms with E-state index in [1.165, 1.54) is 0 Å². The van der Waals surface area contributed by atoms with Crippen molar-refractivity contribution in [1.29, 1.82) is 5.26 Å². The summed E-state index contributed by atoms with van der Waals surface area (Å²) in [5, 5.41) is 24.3. The summed E-state index contributed by atoms with van der Waals surface area (Å²) >= 11 is 0. The Bertz CT molecular complexity index is 1380. The Morgan fingerprint density at radius 3 is 2.58 bits per heavy atom. The van der Waals surface area contributed by atoms with Crippen molar-refractivity contribution in [3.8, 4) is 6.07 Å². The lowest BCUT2D eigenvalue weighted by atomic mass is 10.1. The van der Waals surface area contributed by atoms with E-state index in [1.54, 1.807) is 25.5 Å². The number of anilines is 4. The first-order valence-corrected chi connectivity index (χ1v) is 12.6. The van der Waals surface area contributed by atoms with Gasteiger partial charge in [-0.3, -0.25) is 4.68 Å². The highest BCUT2D eigenvalue weighted by atomic mass is 19.1. The standard InChI is InChI=1S/C27H35FN8O2/c1-15(22(16-8-9-16)32-26(37)38-27(2,3)4)30-24-20(28)12-17(14-29)23(33-24)31-18-10-11-21-19(13-18)25(35(5)6)34-36(21)7/h10-13,15-16,22H,8-9H2,1-7H3,(H,32,37)(H2,30,31,33)/t15-,22-/m1/s1. The van der Waals surface area contributed by atoms with Crippen LogP contribution in [0.1, 0.15) is 46.1 Å². The van der Waals surface area contributed by atoms with Gasteiger partial charge in [-0.2, -0.15) is 10.4 Å². The number of nitriles is 1. The molecule has 0 unspecified atom stereocenters. The third kappa shape index (κ3) is 6.07. The molecular weight excluding hydrogens is 487 g/mol. The average Bonchev–Trinajstić information content (AvgIpc) is 3.61. The van der Waals surface area contributed by atoms with Crippen molar-refractivity contribution < 1.29 is 13.9 Å². The monoisotopic (exact) mass is 522 g/mol. The molecule has 10 nitrogen and oxygen atoms in total. The van der Waals surface area contributed by atoms with E-state index >= 15 is 4.39 Å². The fraction of sp³-hybridized carbons (Fsp3) is 0.481. The van der Waals surface area contributed by atoms with Gasteiger partial charge in [-0.05, 0) is 70.7 Å². The van der Waals surface area contributed by atoms with Gasteiger partial charge in [-0.25, -0.2) is 14.2 Å². The van der Waals surface area contributed by atoms with E-state index in [2.05, 4.69) is 26.0 Å². The minimum atomic E-state index is -0.650. The molecule has 0 bridgehead atoms. The third-order valence-electron chi connectivity index (χ3n) is 6.33.